The fraction of sp³-hybridized carbons (Fsp3) is 0.857. The van der Waals surface area contributed by atoms with Crippen molar-refractivity contribution in [1.82, 2.24) is 10.2 Å². The van der Waals surface area contributed by atoms with Crippen molar-refractivity contribution in [3.63, 3.8) is 0 Å². The van der Waals surface area contributed by atoms with Crippen LogP contribution in [0.25, 0.3) is 0 Å². The molecule has 0 fully saturated rings. The van der Waals surface area contributed by atoms with Crippen molar-refractivity contribution in [2.45, 2.75) is 52.5 Å². The van der Waals surface area contributed by atoms with Crippen LogP contribution in [0.3, 0.4) is 0 Å². The van der Waals surface area contributed by atoms with Crippen molar-refractivity contribution in [3.05, 3.63) is 0 Å². The number of ketones is 1. The second-order valence-corrected chi connectivity index (χ2v) is 5.40. The molecule has 0 aromatic carbocycles. The normalized spacial score (nSPS) is 12.8. The number of nitrogens with zero attached hydrogens (tertiary/aromatic N) is 1. The molecule has 0 aliphatic carbocycles. The van der Waals surface area contributed by atoms with Gasteiger partial charge in [0.05, 0.1) is 6.04 Å². The number of carbonyl (C=O) groups excluding carboxylic acids is 2. The van der Waals surface area contributed by atoms with E-state index < -0.39 is 0 Å². The third-order valence-corrected chi connectivity index (χ3v) is 2.95. The van der Waals surface area contributed by atoms with Gasteiger partial charge in [-0.2, -0.15) is 0 Å². The number of Topliss-reactive ketones (excluding diaryl/α,β-unsaturated/α-hetero) is 1. The van der Waals surface area contributed by atoms with Crippen molar-refractivity contribution in [3.8, 4) is 0 Å². The van der Waals surface area contributed by atoms with Gasteiger partial charge in [-0.3, -0.25) is 14.5 Å². The van der Waals surface area contributed by atoms with Gasteiger partial charge < -0.3 is 5.32 Å². The number of likely N-dealkylation sites (N-methyl/N-ethyl adjacent to an activating group) is 1. The molecular weight excluding hydrogens is 228 g/mol. The predicted molar refractivity (Wildman–Crippen MR) is 74.5 cm³/mol. The van der Waals surface area contributed by atoms with Crippen molar-refractivity contribution in [1.29, 1.82) is 0 Å². The van der Waals surface area contributed by atoms with Gasteiger partial charge in [0.15, 0.2) is 0 Å². The highest BCUT2D eigenvalue weighted by Crippen LogP contribution is 2.09. The van der Waals surface area contributed by atoms with Crippen LogP contribution in [0.5, 0.6) is 0 Å². The maximum atomic E-state index is 12.0. The molecule has 0 aromatic heterocycles. The van der Waals surface area contributed by atoms with E-state index in [0.29, 0.717) is 25.3 Å². The van der Waals surface area contributed by atoms with Crippen LogP contribution in [0.2, 0.25) is 0 Å². The first-order valence-electron chi connectivity index (χ1n) is 6.84. The summed E-state index contributed by atoms with van der Waals surface area (Å²) in [4.78, 5) is 25.1. The number of hydrogen-bond acceptors (Lipinski definition) is 3. The van der Waals surface area contributed by atoms with Crippen molar-refractivity contribution >= 4 is 11.7 Å². The second kappa shape index (κ2) is 9.09. The molecule has 106 valence electrons. The summed E-state index contributed by atoms with van der Waals surface area (Å²) in [5.74, 6) is 0.818. The number of carbonyl (C=O) groups is 2. The summed E-state index contributed by atoms with van der Waals surface area (Å²) in [6, 6.07) is -0.0770. The van der Waals surface area contributed by atoms with Crippen LogP contribution < -0.4 is 5.32 Å². The van der Waals surface area contributed by atoms with Crippen molar-refractivity contribution in [2.24, 2.45) is 5.92 Å². The maximum Gasteiger partial charge on any atom is 0.237 e. The fourth-order valence-corrected chi connectivity index (χ4v) is 1.79. The van der Waals surface area contributed by atoms with Crippen LogP contribution in [0, 0.1) is 5.92 Å². The van der Waals surface area contributed by atoms with Gasteiger partial charge in [-0.05, 0) is 32.9 Å². The Morgan fingerprint density at radius 1 is 1.22 bits per heavy atom. The highest BCUT2D eigenvalue weighted by molar-refractivity contribution is 5.81. The molecule has 1 N–H and O–H groups in total. The molecule has 0 aliphatic rings. The molecule has 0 heterocycles. The van der Waals surface area contributed by atoms with E-state index >= 15 is 0 Å². The summed E-state index contributed by atoms with van der Waals surface area (Å²) >= 11 is 0. The quantitative estimate of drug-likeness (QED) is 0.640. The molecule has 1 atom stereocenters. The maximum absolute atomic E-state index is 12.0. The Bertz CT molecular complexity index is 263. The summed E-state index contributed by atoms with van der Waals surface area (Å²) in [5.41, 5.74) is 0. The van der Waals surface area contributed by atoms with E-state index in [2.05, 4.69) is 19.2 Å². The Morgan fingerprint density at radius 2 is 1.83 bits per heavy atom. The zero-order chi connectivity index (χ0) is 14.1. The van der Waals surface area contributed by atoms with E-state index in [4.69, 9.17) is 0 Å². The van der Waals surface area contributed by atoms with Crippen LogP contribution in [0.15, 0.2) is 0 Å². The van der Waals surface area contributed by atoms with Gasteiger partial charge >= 0.3 is 0 Å². The van der Waals surface area contributed by atoms with Crippen LogP contribution >= 0.6 is 0 Å². The summed E-state index contributed by atoms with van der Waals surface area (Å²) in [7, 11) is 3.85. The molecule has 0 aliphatic heterocycles. The minimum Gasteiger partial charge on any atom is -0.355 e. The molecule has 18 heavy (non-hydrogen) atoms. The van der Waals surface area contributed by atoms with E-state index in [1.807, 2.05) is 25.9 Å². The Kier molecular flexibility index (Phi) is 8.63. The molecule has 0 spiro atoms. The lowest BCUT2D eigenvalue weighted by Gasteiger charge is -2.24. The molecule has 0 rings (SSSR count). The predicted octanol–water partition coefficient (Wildman–Crippen LogP) is 1.84. The number of rotatable bonds is 9. The number of amides is 1. The first kappa shape index (κ1) is 17.1. The average molecular weight is 256 g/mol. The topological polar surface area (TPSA) is 49.4 Å². The average Bonchev–Trinajstić information content (AvgIpc) is 2.30. The second-order valence-electron chi connectivity index (χ2n) is 5.40. The highest BCUT2D eigenvalue weighted by atomic mass is 16.2. The van der Waals surface area contributed by atoms with E-state index in [-0.39, 0.29) is 17.7 Å². The third kappa shape index (κ3) is 7.43. The fourth-order valence-electron chi connectivity index (χ4n) is 1.79. The highest BCUT2D eigenvalue weighted by Gasteiger charge is 2.21. The molecule has 0 aromatic rings. The molecule has 1 amide bonds. The van der Waals surface area contributed by atoms with Gasteiger partial charge in [0.2, 0.25) is 5.91 Å². The van der Waals surface area contributed by atoms with E-state index in [0.717, 1.165) is 12.8 Å². The zero-order valence-electron chi connectivity index (χ0n) is 12.5. The van der Waals surface area contributed by atoms with Gasteiger partial charge in [-0.1, -0.05) is 20.8 Å². The lowest BCUT2D eigenvalue weighted by Crippen LogP contribution is -2.44. The van der Waals surface area contributed by atoms with Gasteiger partial charge in [0.1, 0.15) is 5.78 Å². The molecular formula is C14H28N2O2. The Hall–Kier alpha value is -0.900. The molecule has 1 unspecified atom stereocenters. The summed E-state index contributed by atoms with van der Waals surface area (Å²) < 4.78 is 0. The third-order valence-electron chi connectivity index (χ3n) is 2.95. The minimum absolute atomic E-state index is 0.0673. The molecule has 0 bridgehead atoms. The van der Waals surface area contributed by atoms with Crippen LogP contribution in [-0.4, -0.2) is 43.3 Å². The summed E-state index contributed by atoms with van der Waals surface area (Å²) in [6.45, 7) is 6.69. The lowest BCUT2D eigenvalue weighted by molar-refractivity contribution is -0.126. The number of nitrogens with one attached hydrogen (secondary N) is 1. The molecule has 0 radical (unpaired) electrons. The standard InChI is InChI=1S/C14H28N2O2/c1-6-12(17)8-7-9-15-14(18)13(16(4)5)10-11(2)3/h11,13H,6-10H2,1-5H3,(H,15,18). The van der Waals surface area contributed by atoms with Gasteiger partial charge in [-0.25, -0.2) is 0 Å². The summed E-state index contributed by atoms with van der Waals surface area (Å²) in [6.07, 6.45) is 2.74. The minimum atomic E-state index is -0.0770. The van der Waals surface area contributed by atoms with E-state index in [9.17, 15) is 9.59 Å². The number of hydrogen-bond donors (Lipinski definition) is 1. The van der Waals surface area contributed by atoms with Crippen molar-refractivity contribution in [2.75, 3.05) is 20.6 Å². The first-order chi connectivity index (χ1) is 8.38. The van der Waals surface area contributed by atoms with E-state index in [1.165, 1.54) is 0 Å². The van der Waals surface area contributed by atoms with Gasteiger partial charge in [0.25, 0.3) is 0 Å². The van der Waals surface area contributed by atoms with Gasteiger partial charge in [-0.15, -0.1) is 0 Å². The first-order valence-corrected chi connectivity index (χ1v) is 6.84. The van der Waals surface area contributed by atoms with Crippen LogP contribution in [0.1, 0.15) is 46.5 Å². The summed E-state index contributed by atoms with van der Waals surface area (Å²) in [5, 5.41) is 2.92. The van der Waals surface area contributed by atoms with E-state index in [1.54, 1.807) is 0 Å². The van der Waals surface area contributed by atoms with Crippen LogP contribution in [0.4, 0.5) is 0 Å². The molecule has 0 saturated heterocycles. The monoisotopic (exact) mass is 256 g/mol. The van der Waals surface area contributed by atoms with Gasteiger partial charge in [0, 0.05) is 19.4 Å². The zero-order valence-corrected chi connectivity index (χ0v) is 12.5. The smallest absolute Gasteiger partial charge is 0.237 e. The lowest BCUT2D eigenvalue weighted by atomic mass is 10.0. The SMILES string of the molecule is CCC(=O)CCCNC(=O)C(CC(C)C)N(C)C. The molecule has 4 heteroatoms. The molecule has 0 saturated carbocycles. The Labute approximate surface area is 111 Å². The Balaban J connectivity index is 4.00. The molecule has 4 nitrogen and oxygen atoms in total. The van der Waals surface area contributed by atoms with Crippen molar-refractivity contribution < 1.29 is 9.59 Å². The Morgan fingerprint density at radius 3 is 2.28 bits per heavy atom. The largest absolute Gasteiger partial charge is 0.355 e. The van der Waals surface area contributed by atoms with Crippen LogP contribution in [-0.2, 0) is 9.59 Å².